The lowest BCUT2D eigenvalue weighted by Gasteiger charge is -2.18. The highest BCUT2D eigenvalue weighted by Crippen LogP contribution is 2.30. The molecule has 5 heteroatoms. The zero-order valence-corrected chi connectivity index (χ0v) is 14.0. The summed E-state index contributed by atoms with van der Waals surface area (Å²) in [5.41, 5.74) is 1.49. The van der Waals surface area contributed by atoms with Crippen molar-refractivity contribution in [2.45, 2.75) is 13.0 Å². The van der Waals surface area contributed by atoms with Crippen LogP contribution in [0.15, 0.2) is 45.3 Å². The summed E-state index contributed by atoms with van der Waals surface area (Å²) in [6.45, 7) is 1.97. The Balaban J connectivity index is 2.23. The highest BCUT2D eigenvalue weighted by molar-refractivity contribution is 9.11. The summed E-state index contributed by atoms with van der Waals surface area (Å²) in [7, 11) is 0. The summed E-state index contributed by atoms with van der Waals surface area (Å²) in [5, 5.41) is 3.52. The Labute approximate surface area is 133 Å². The largest absolute Gasteiger partial charge is 0.376 e. The summed E-state index contributed by atoms with van der Waals surface area (Å²) < 4.78 is 15.7. The molecule has 0 saturated heterocycles. The Bertz CT molecular complexity index is 604. The minimum Gasteiger partial charge on any atom is -0.376 e. The summed E-state index contributed by atoms with van der Waals surface area (Å²) in [6, 6.07) is 10.5. The zero-order chi connectivity index (χ0) is 14.0. The predicted molar refractivity (Wildman–Crippen MR) is 85.3 cm³/mol. The van der Waals surface area contributed by atoms with E-state index in [1.807, 2.05) is 25.1 Å². The molecule has 0 aromatic heterocycles. The minimum atomic E-state index is -0.354. The summed E-state index contributed by atoms with van der Waals surface area (Å²) in [6.07, 6.45) is 0. The number of hydrogen-bond donors (Lipinski definition) is 1. The van der Waals surface area contributed by atoms with Crippen molar-refractivity contribution in [1.29, 1.82) is 0 Å². The molecule has 0 spiro atoms. The van der Waals surface area contributed by atoms with Crippen molar-refractivity contribution in [3.63, 3.8) is 0 Å². The smallest absolute Gasteiger partial charge is 0.147 e. The van der Waals surface area contributed by atoms with Gasteiger partial charge in [0.2, 0.25) is 0 Å². The lowest BCUT2D eigenvalue weighted by atomic mass is 10.1. The Morgan fingerprint density at radius 2 is 1.89 bits per heavy atom. The molecular formula is C14H11Br2ClFN. The Hall–Kier alpha value is -0.580. The van der Waals surface area contributed by atoms with Crippen molar-refractivity contribution in [2.24, 2.45) is 0 Å². The maximum Gasteiger partial charge on any atom is 0.147 e. The van der Waals surface area contributed by atoms with Gasteiger partial charge in [0.05, 0.1) is 5.69 Å². The van der Waals surface area contributed by atoms with E-state index in [0.29, 0.717) is 10.7 Å². The summed E-state index contributed by atoms with van der Waals surface area (Å²) >= 11 is 12.6. The van der Waals surface area contributed by atoms with Gasteiger partial charge in [-0.15, -0.1) is 0 Å². The van der Waals surface area contributed by atoms with E-state index in [1.54, 1.807) is 12.1 Å². The van der Waals surface area contributed by atoms with Crippen molar-refractivity contribution in [2.75, 3.05) is 5.32 Å². The van der Waals surface area contributed by atoms with Crippen LogP contribution >= 0.6 is 43.5 Å². The number of halogens is 4. The van der Waals surface area contributed by atoms with E-state index in [2.05, 4.69) is 37.2 Å². The monoisotopic (exact) mass is 405 g/mol. The van der Waals surface area contributed by atoms with Crippen molar-refractivity contribution in [3.05, 3.63) is 61.7 Å². The van der Waals surface area contributed by atoms with E-state index in [-0.39, 0.29) is 11.9 Å². The van der Waals surface area contributed by atoms with Gasteiger partial charge in [-0.25, -0.2) is 4.39 Å². The molecule has 1 N–H and O–H groups in total. The van der Waals surface area contributed by atoms with Crippen molar-refractivity contribution >= 4 is 49.1 Å². The van der Waals surface area contributed by atoms with Gasteiger partial charge < -0.3 is 5.32 Å². The van der Waals surface area contributed by atoms with Gasteiger partial charge >= 0.3 is 0 Å². The number of benzene rings is 2. The lowest BCUT2D eigenvalue weighted by molar-refractivity contribution is 0.627. The van der Waals surface area contributed by atoms with Gasteiger partial charge in [0, 0.05) is 20.0 Å². The third-order valence-corrected chi connectivity index (χ3v) is 4.15. The first-order valence-corrected chi connectivity index (χ1v) is 7.60. The van der Waals surface area contributed by atoms with Crippen LogP contribution < -0.4 is 5.32 Å². The molecule has 2 rings (SSSR count). The zero-order valence-electron chi connectivity index (χ0n) is 10.1. The molecule has 0 aliphatic rings. The molecule has 2 aromatic rings. The normalized spacial score (nSPS) is 12.3. The van der Waals surface area contributed by atoms with Crippen LogP contribution in [0.2, 0.25) is 5.02 Å². The second kappa shape index (κ2) is 6.25. The van der Waals surface area contributed by atoms with E-state index in [0.717, 1.165) is 14.5 Å². The quantitative estimate of drug-likeness (QED) is 0.641. The summed E-state index contributed by atoms with van der Waals surface area (Å²) in [4.78, 5) is 0. The van der Waals surface area contributed by atoms with Crippen molar-refractivity contribution < 1.29 is 4.39 Å². The van der Waals surface area contributed by atoms with E-state index in [1.165, 1.54) is 6.07 Å². The third kappa shape index (κ3) is 3.71. The van der Waals surface area contributed by atoms with Crippen LogP contribution in [0.1, 0.15) is 18.5 Å². The van der Waals surface area contributed by atoms with Crippen LogP contribution in [0.3, 0.4) is 0 Å². The van der Waals surface area contributed by atoms with Gasteiger partial charge in [0.25, 0.3) is 0 Å². The first-order valence-electron chi connectivity index (χ1n) is 5.64. The Morgan fingerprint density at radius 3 is 2.53 bits per heavy atom. The molecule has 0 fully saturated rings. The van der Waals surface area contributed by atoms with Gasteiger partial charge in [-0.1, -0.05) is 49.5 Å². The number of hydrogen-bond acceptors (Lipinski definition) is 1. The van der Waals surface area contributed by atoms with Crippen LogP contribution in [0, 0.1) is 5.82 Å². The second-order valence-corrected chi connectivity index (χ2v) is 6.36. The highest BCUT2D eigenvalue weighted by Gasteiger charge is 2.12. The Kier molecular flexibility index (Phi) is 4.87. The molecule has 1 nitrogen and oxygen atoms in total. The number of rotatable bonds is 3. The van der Waals surface area contributed by atoms with Crippen molar-refractivity contribution in [3.8, 4) is 0 Å². The molecule has 0 bridgehead atoms. The average molecular weight is 408 g/mol. The number of anilines is 1. The molecule has 0 saturated carbocycles. The van der Waals surface area contributed by atoms with Crippen LogP contribution in [-0.4, -0.2) is 0 Å². The highest BCUT2D eigenvalue weighted by atomic mass is 79.9. The second-order valence-electron chi connectivity index (χ2n) is 4.16. The first-order chi connectivity index (χ1) is 8.97. The van der Waals surface area contributed by atoms with Crippen LogP contribution in [0.4, 0.5) is 10.1 Å². The molecule has 100 valence electrons. The van der Waals surface area contributed by atoms with Gasteiger partial charge in [-0.3, -0.25) is 0 Å². The van der Waals surface area contributed by atoms with Crippen LogP contribution in [0.5, 0.6) is 0 Å². The van der Waals surface area contributed by atoms with Gasteiger partial charge in [-0.05, 0) is 42.8 Å². The fraction of sp³-hybridized carbons (Fsp3) is 0.143. The maximum atomic E-state index is 13.7. The molecule has 19 heavy (non-hydrogen) atoms. The van der Waals surface area contributed by atoms with Crippen molar-refractivity contribution in [1.82, 2.24) is 0 Å². The molecule has 2 aromatic carbocycles. The van der Waals surface area contributed by atoms with Crippen LogP contribution in [-0.2, 0) is 0 Å². The van der Waals surface area contributed by atoms with E-state index < -0.39 is 0 Å². The molecule has 0 aliphatic carbocycles. The topological polar surface area (TPSA) is 12.0 Å². The fourth-order valence-corrected chi connectivity index (χ4v) is 3.32. The molecule has 1 atom stereocenters. The Morgan fingerprint density at radius 1 is 1.16 bits per heavy atom. The lowest BCUT2D eigenvalue weighted by Crippen LogP contribution is -2.08. The average Bonchev–Trinajstić information content (AvgIpc) is 2.32. The van der Waals surface area contributed by atoms with Gasteiger partial charge in [0.1, 0.15) is 5.82 Å². The predicted octanol–water partition coefficient (Wildman–Crippen LogP) is 6.18. The third-order valence-electron chi connectivity index (χ3n) is 2.73. The van der Waals surface area contributed by atoms with Crippen LogP contribution in [0.25, 0.3) is 0 Å². The first kappa shape index (κ1) is 14.8. The van der Waals surface area contributed by atoms with E-state index in [4.69, 9.17) is 11.6 Å². The summed E-state index contributed by atoms with van der Waals surface area (Å²) in [5.74, 6) is -0.354. The minimum absolute atomic E-state index is 0.0295. The number of nitrogens with one attached hydrogen (secondary N) is 1. The standard InChI is InChI=1S/C14H11Br2ClFN/c1-8(11-4-2-9(15)6-12(11)16)19-14-5-3-10(17)7-13(14)18/h2-8,19H,1H3. The fourth-order valence-electron chi connectivity index (χ4n) is 1.77. The molecule has 0 amide bonds. The molecule has 0 heterocycles. The SMILES string of the molecule is CC(Nc1ccc(Cl)cc1F)c1ccc(Br)cc1Br. The molecule has 0 radical (unpaired) electrons. The van der Waals surface area contributed by atoms with Gasteiger partial charge in [0.15, 0.2) is 0 Å². The molecular weight excluding hydrogens is 396 g/mol. The maximum absolute atomic E-state index is 13.7. The molecule has 1 unspecified atom stereocenters. The molecule has 0 aliphatic heterocycles. The van der Waals surface area contributed by atoms with E-state index in [9.17, 15) is 4.39 Å². The van der Waals surface area contributed by atoms with Gasteiger partial charge in [-0.2, -0.15) is 0 Å². The van der Waals surface area contributed by atoms with E-state index >= 15 is 0 Å².